The third kappa shape index (κ3) is 2.66. The van der Waals surface area contributed by atoms with Crippen LogP contribution in [-0.4, -0.2) is 11.5 Å². The summed E-state index contributed by atoms with van der Waals surface area (Å²) in [7, 11) is 0. The molecule has 2 heterocycles. The maximum Gasteiger partial charge on any atom is 0.0797 e. The van der Waals surface area contributed by atoms with Gasteiger partial charge in [0.25, 0.3) is 0 Å². The first-order valence-corrected chi connectivity index (χ1v) is 8.22. The van der Waals surface area contributed by atoms with Crippen LogP contribution in [-0.2, 0) is 25.8 Å². The topological polar surface area (TPSA) is 24.9 Å². The predicted molar refractivity (Wildman–Crippen MR) is 78.6 cm³/mol. The first-order chi connectivity index (χ1) is 8.83. The largest absolute Gasteiger partial charge is 0.311 e. The van der Waals surface area contributed by atoms with E-state index in [1.165, 1.54) is 34.7 Å². The smallest absolute Gasteiger partial charge is 0.0797 e. The average Bonchev–Trinajstić information content (AvgIpc) is 3.00. The van der Waals surface area contributed by atoms with E-state index in [9.17, 15) is 0 Å². The maximum atomic E-state index is 4.28. The van der Waals surface area contributed by atoms with Crippen LogP contribution in [0.3, 0.4) is 0 Å². The highest BCUT2D eigenvalue weighted by Crippen LogP contribution is 2.30. The molecule has 0 unspecified atom stereocenters. The number of hydrogen-bond donors (Lipinski definition) is 1. The second kappa shape index (κ2) is 5.51. The fourth-order valence-corrected chi connectivity index (χ4v) is 4.47. The van der Waals surface area contributed by atoms with Crippen LogP contribution in [0, 0.1) is 6.92 Å². The van der Waals surface area contributed by atoms with E-state index in [2.05, 4.69) is 23.3 Å². The van der Waals surface area contributed by atoms with Gasteiger partial charge < -0.3 is 5.32 Å². The summed E-state index contributed by atoms with van der Waals surface area (Å²) in [6.07, 6.45) is 5.06. The van der Waals surface area contributed by atoms with Crippen molar-refractivity contribution in [2.75, 3.05) is 6.54 Å². The molecule has 18 heavy (non-hydrogen) atoms. The molecular formula is C14H18N2S2. The van der Waals surface area contributed by atoms with Gasteiger partial charge in [0.2, 0.25) is 0 Å². The lowest BCUT2D eigenvalue weighted by atomic mass is 10.2. The molecule has 0 bridgehead atoms. The summed E-state index contributed by atoms with van der Waals surface area (Å²) in [5.74, 6) is 0. The molecule has 2 nitrogen and oxygen atoms in total. The average molecular weight is 278 g/mol. The minimum Gasteiger partial charge on any atom is -0.311 e. The SMILES string of the molecule is Cc1ncsc1CCNCc1cc2c(s1)CCC2. The van der Waals surface area contributed by atoms with Gasteiger partial charge in [-0.05, 0) is 44.2 Å². The van der Waals surface area contributed by atoms with Crippen LogP contribution in [0.15, 0.2) is 11.6 Å². The van der Waals surface area contributed by atoms with E-state index in [4.69, 9.17) is 0 Å². The van der Waals surface area contributed by atoms with Gasteiger partial charge in [0, 0.05) is 27.7 Å². The van der Waals surface area contributed by atoms with Gasteiger partial charge in [0.05, 0.1) is 11.2 Å². The monoisotopic (exact) mass is 278 g/mol. The molecule has 2 aromatic heterocycles. The molecule has 0 aromatic carbocycles. The lowest BCUT2D eigenvalue weighted by Gasteiger charge is -2.02. The molecule has 0 spiro atoms. The van der Waals surface area contributed by atoms with Gasteiger partial charge in [-0.15, -0.1) is 22.7 Å². The highest BCUT2D eigenvalue weighted by molar-refractivity contribution is 7.12. The van der Waals surface area contributed by atoms with E-state index in [0.29, 0.717) is 0 Å². The number of aromatic nitrogens is 1. The van der Waals surface area contributed by atoms with E-state index in [1.807, 2.05) is 16.8 Å². The molecular weight excluding hydrogens is 260 g/mol. The van der Waals surface area contributed by atoms with Crippen molar-refractivity contribution in [3.8, 4) is 0 Å². The van der Waals surface area contributed by atoms with E-state index >= 15 is 0 Å². The Labute approximate surface area is 116 Å². The van der Waals surface area contributed by atoms with Crippen molar-refractivity contribution in [1.29, 1.82) is 0 Å². The van der Waals surface area contributed by atoms with Crippen LogP contribution in [0.4, 0.5) is 0 Å². The van der Waals surface area contributed by atoms with Crippen molar-refractivity contribution in [2.45, 2.75) is 39.2 Å². The summed E-state index contributed by atoms with van der Waals surface area (Å²) < 4.78 is 0. The van der Waals surface area contributed by atoms with Gasteiger partial charge in [-0.3, -0.25) is 0 Å². The molecule has 0 fully saturated rings. The molecule has 0 amide bonds. The van der Waals surface area contributed by atoms with E-state index < -0.39 is 0 Å². The molecule has 0 saturated heterocycles. The number of hydrogen-bond acceptors (Lipinski definition) is 4. The molecule has 1 N–H and O–H groups in total. The molecule has 0 saturated carbocycles. The Morgan fingerprint density at radius 3 is 3.11 bits per heavy atom. The molecule has 0 aliphatic heterocycles. The van der Waals surface area contributed by atoms with Gasteiger partial charge in [0.1, 0.15) is 0 Å². The zero-order chi connectivity index (χ0) is 12.4. The van der Waals surface area contributed by atoms with Gasteiger partial charge in [-0.1, -0.05) is 0 Å². The van der Waals surface area contributed by atoms with Crippen molar-refractivity contribution >= 4 is 22.7 Å². The first-order valence-electron chi connectivity index (χ1n) is 6.53. The molecule has 1 aliphatic rings. The van der Waals surface area contributed by atoms with Crippen molar-refractivity contribution in [2.24, 2.45) is 0 Å². The van der Waals surface area contributed by atoms with Crippen LogP contribution >= 0.6 is 22.7 Å². The Kier molecular flexibility index (Phi) is 3.77. The zero-order valence-corrected chi connectivity index (χ0v) is 12.3. The minimum absolute atomic E-state index is 1.02. The van der Waals surface area contributed by atoms with Crippen LogP contribution in [0.1, 0.15) is 32.3 Å². The standard InChI is InChI=1S/C14H18N2S2/c1-10-13(17-9-16-10)5-6-15-8-12-7-11-3-2-4-14(11)18-12/h7,9,15H,2-6,8H2,1H3. The van der Waals surface area contributed by atoms with Crippen molar-refractivity contribution in [1.82, 2.24) is 10.3 Å². The van der Waals surface area contributed by atoms with Crippen molar-refractivity contribution < 1.29 is 0 Å². The van der Waals surface area contributed by atoms with Crippen molar-refractivity contribution in [3.05, 3.63) is 37.5 Å². The number of rotatable bonds is 5. The molecule has 3 rings (SSSR count). The van der Waals surface area contributed by atoms with Crippen LogP contribution in [0.2, 0.25) is 0 Å². The fourth-order valence-electron chi connectivity index (χ4n) is 2.46. The molecule has 1 aliphatic carbocycles. The lowest BCUT2D eigenvalue weighted by Crippen LogP contribution is -2.15. The third-order valence-electron chi connectivity index (χ3n) is 3.47. The van der Waals surface area contributed by atoms with Gasteiger partial charge in [0.15, 0.2) is 0 Å². The van der Waals surface area contributed by atoms with Gasteiger partial charge in [-0.25, -0.2) is 4.98 Å². The summed E-state index contributed by atoms with van der Waals surface area (Å²) in [4.78, 5) is 8.82. The molecule has 0 radical (unpaired) electrons. The fraction of sp³-hybridized carbons (Fsp3) is 0.500. The molecule has 4 heteroatoms. The van der Waals surface area contributed by atoms with E-state index in [-0.39, 0.29) is 0 Å². The summed E-state index contributed by atoms with van der Waals surface area (Å²) >= 11 is 3.77. The number of nitrogens with zero attached hydrogens (tertiary/aromatic N) is 1. The van der Waals surface area contributed by atoms with Crippen LogP contribution in [0.5, 0.6) is 0 Å². The number of thiophene rings is 1. The van der Waals surface area contributed by atoms with E-state index in [1.54, 1.807) is 21.8 Å². The summed E-state index contributed by atoms with van der Waals surface area (Å²) in [6, 6.07) is 2.40. The molecule has 2 aromatic rings. The zero-order valence-electron chi connectivity index (χ0n) is 10.7. The van der Waals surface area contributed by atoms with Crippen LogP contribution < -0.4 is 5.32 Å². The Bertz CT molecular complexity index is 506. The number of thiazole rings is 1. The van der Waals surface area contributed by atoms with Crippen LogP contribution in [0.25, 0.3) is 0 Å². The Balaban J connectivity index is 1.46. The van der Waals surface area contributed by atoms with Gasteiger partial charge >= 0.3 is 0 Å². The molecule has 96 valence electrons. The highest BCUT2D eigenvalue weighted by Gasteiger charge is 2.14. The summed E-state index contributed by atoms with van der Waals surface area (Å²) in [5.41, 5.74) is 4.74. The summed E-state index contributed by atoms with van der Waals surface area (Å²) in [5, 5.41) is 3.55. The maximum absolute atomic E-state index is 4.28. The number of nitrogens with one attached hydrogen (secondary N) is 1. The quantitative estimate of drug-likeness (QED) is 0.849. The second-order valence-corrected chi connectivity index (χ2v) is 6.96. The van der Waals surface area contributed by atoms with Crippen molar-refractivity contribution in [3.63, 3.8) is 0 Å². The predicted octanol–water partition coefficient (Wildman–Crippen LogP) is 3.33. The normalized spacial score (nSPS) is 14.1. The van der Waals surface area contributed by atoms with Gasteiger partial charge in [-0.2, -0.15) is 0 Å². The molecule has 0 atom stereocenters. The summed E-state index contributed by atoms with van der Waals surface area (Å²) in [6.45, 7) is 4.16. The Morgan fingerprint density at radius 2 is 2.33 bits per heavy atom. The lowest BCUT2D eigenvalue weighted by molar-refractivity contribution is 0.695. The first kappa shape index (κ1) is 12.3. The third-order valence-corrected chi connectivity index (χ3v) is 5.70. The number of fused-ring (bicyclic) bond motifs is 1. The highest BCUT2D eigenvalue weighted by atomic mass is 32.1. The Hall–Kier alpha value is -0.710. The Morgan fingerprint density at radius 1 is 1.39 bits per heavy atom. The minimum atomic E-state index is 1.02. The number of aryl methyl sites for hydroxylation is 3. The van der Waals surface area contributed by atoms with E-state index in [0.717, 1.165) is 19.5 Å². The second-order valence-electron chi connectivity index (χ2n) is 4.80.